The molecule has 0 aliphatic carbocycles. The summed E-state index contributed by atoms with van der Waals surface area (Å²) in [6.45, 7) is 2.42. The first-order chi connectivity index (χ1) is 19.0. The van der Waals surface area contributed by atoms with Gasteiger partial charge in [-0.2, -0.15) is 4.98 Å². The Morgan fingerprint density at radius 2 is 1.77 bits per heavy atom. The van der Waals surface area contributed by atoms with Crippen molar-refractivity contribution < 1.29 is 14.1 Å². The molecule has 1 aromatic heterocycles. The zero-order chi connectivity index (χ0) is 27.0. The van der Waals surface area contributed by atoms with E-state index in [-0.39, 0.29) is 17.7 Å². The maximum absolute atomic E-state index is 13.2. The Bertz CT molecular complexity index is 1410. The molecule has 1 aliphatic rings. The van der Waals surface area contributed by atoms with Gasteiger partial charge in [-0.05, 0) is 67.8 Å². The molecule has 4 aromatic rings. The van der Waals surface area contributed by atoms with Gasteiger partial charge in [0.05, 0.1) is 23.7 Å². The average Bonchev–Trinajstić information content (AvgIpc) is 3.42. The molecule has 2 N–H and O–H groups in total. The van der Waals surface area contributed by atoms with Gasteiger partial charge in [0, 0.05) is 23.1 Å². The molecule has 0 saturated carbocycles. The SMILES string of the molecule is O=C(NCCc1ccccc1)c1ccccc1NC(=O)C1CCCN(Cc2nc(-c3ccc(Br)cc3)no2)C1. The van der Waals surface area contributed by atoms with Crippen LogP contribution in [0.4, 0.5) is 5.69 Å². The zero-order valence-electron chi connectivity index (χ0n) is 21.5. The Morgan fingerprint density at radius 3 is 2.59 bits per heavy atom. The third-order valence-corrected chi connectivity index (χ3v) is 7.31. The van der Waals surface area contributed by atoms with Crippen LogP contribution >= 0.6 is 15.9 Å². The second kappa shape index (κ2) is 12.8. The van der Waals surface area contributed by atoms with Crippen LogP contribution in [0.1, 0.15) is 34.7 Å². The highest BCUT2D eigenvalue weighted by Crippen LogP contribution is 2.23. The van der Waals surface area contributed by atoms with Gasteiger partial charge in [-0.3, -0.25) is 14.5 Å². The topological polar surface area (TPSA) is 100 Å². The molecule has 1 saturated heterocycles. The number of rotatable bonds is 9. The van der Waals surface area contributed by atoms with Crippen molar-refractivity contribution >= 4 is 33.4 Å². The molecular formula is C30H30BrN5O3. The molecule has 8 nitrogen and oxygen atoms in total. The monoisotopic (exact) mass is 587 g/mol. The van der Waals surface area contributed by atoms with Crippen LogP contribution in [-0.4, -0.2) is 46.5 Å². The Hall–Kier alpha value is -3.82. The van der Waals surface area contributed by atoms with Crippen molar-refractivity contribution in [1.82, 2.24) is 20.4 Å². The molecule has 9 heteroatoms. The molecule has 0 bridgehead atoms. The molecule has 5 rings (SSSR count). The first kappa shape index (κ1) is 26.8. The highest BCUT2D eigenvalue weighted by Gasteiger charge is 2.28. The Kier molecular flexibility index (Phi) is 8.80. The number of carbonyl (C=O) groups excluding carboxylic acids is 2. The molecule has 0 spiro atoms. The van der Waals surface area contributed by atoms with Crippen molar-refractivity contribution in [2.75, 3.05) is 25.0 Å². The molecule has 3 aromatic carbocycles. The van der Waals surface area contributed by atoms with Gasteiger partial charge < -0.3 is 15.2 Å². The molecule has 1 atom stereocenters. The van der Waals surface area contributed by atoms with E-state index in [1.165, 1.54) is 0 Å². The van der Waals surface area contributed by atoms with Crippen LogP contribution in [0.25, 0.3) is 11.4 Å². The number of benzene rings is 3. The zero-order valence-corrected chi connectivity index (χ0v) is 23.1. The molecular weight excluding hydrogens is 558 g/mol. The van der Waals surface area contributed by atoms with Gasteiger partial charge in [0.2, 0.25) is 17.6 Å². The molecule has 1 aliphatic heterocycles. The fourth-order valence-corrected chi connectivity index (χ4v) is 4.99. The maximum Gasteiger partial charge on any atom is 0.253 e. The predicted octanol–water partition coefficient (Wildman–Crippen LogP) is 5.32. The summed E-state index contributed by atoms with van der Waals surface area (Å²) in [6.07, 6.45) is 2.40. The van der Waals surface area contributed by atoms with E-state index in [0.717, 1.165) is 41.4 Å². The van der Waals surface area contributed by atoms with Crippen LogP contribution in [-0.2, 0) is 17.8 Å². The lowest BCUT2D eigenvalue weighted by atomic mass is 9.96. The van der Waals surface area contributed by atoms with E-state index in [1.54, 1.807) is 18.2 Å². The molecule has 1 unspecified atom stereocenters. The number of hydrogen-bond donors (Lipinski definition) is 2. The third kappa shape index (κ3) is 7.19. The molecule has 2 amide bonds. The molecule has 200 valence electrons. The van der Waals surface area contributed by atoms with Crippen LogP contribution in [0, 0.1) is 5.92 Å². The number of carbonyl (C=O) groups is 2. The van der Waals surface area contributed by atoms with Crippen molar-refractivity contribution in [3.8, 4) is 11.4 Å². The molecule has 0 radical (unpaired) electrons. The van der Waals surface area contributed by atoms with Crippen molar-refractivity contribution in [3.05, 3.63) is 100 Å². The molecule has 1 fully saturated rings. The summed E-state index contributed by atoms with van der Waals surface area (Å²) in [4.78, 5) is 32.8. The first-order valence-corrected chi connectivity index (χ1v) is 13.9. The van der Waals surface area contributed by atoms with Gasteiger partial charge >= 0.3 is 0 Å². The number of aromatic nitrogens is 2. The second-order valence-electron chi connectivity index (χ2n) is 9.62. The van der Waals surface area contributed by atoms with Gasteiger partial charge in [-0.15, -0.1) is 0 Å². The van der Waals surface area contributed by atoms with E-state index in [2.05, 4.69) is 41.6 Å². The Labute approximate surface area is 235 Å². The van der Waals surface area contributed by atoms with Crippen molar-refractivity contribution in [2.45, 2.75) is 25.8 Å². The lowest BCUT2D eigenvalue weighted by Crippen LogP contribution is -2.40. The van der Waals surface area contributed by atoms with Gasteiger partial charge in [0.1, 0.15) is 0 Å². The fourth-order valence-electron chi connectivity index (χ4n) is 4.72. The van der Waals surface area contributed by atoms with E-state index in [0.29, 0.717) is 42.6 Å². The standard InChI is InChI=1S/C30H30BrN5O3/c31-24-14-12-22(13-15-24)28-34-27(39-35-28)20-36-18-6-9-23(19-36)29(37)33-26-11-5-4-10-25(26)30(38)32-17-16-21-7-2-1-3-8-21/h1-5,7-8,10-15,23H,6,9,16-20H2,(H,32,38)(H,33,37). The summed E-state index contributed by atoms with van der Waals surface area (Å²) in [7, 11) is 0. The van der Waals surface area contributed by atoms with E-state index in [9.17, 15) is 9.59 Å². The molecule has 39 heavy (non-hydrogen) atoms. The highest BCUT2D eigenvalue weighted by molar-refractivity contribution is 9.10. The number of anilines is 1. The number of amides is 2. The number of piperidine rings is 1. The van der Waals surface area contributed by atoms with Crippen LogP contribution in [0.2, 0.25) is 0 Å². The number of nitrogens with one attached hydrogen (secondary N) is 2. The summed E-state index contributed by atoms with van der Waals surface area (Å²) >= 11 is 3.43. The third-order valence-electron chi connectivity index (χ3n) is 6.78. The minimum Gasteiger partial charge on any atom is -0.352 e. The van der Waals surface area contributed by atoms with E-state index < -0.39 is 0 Å². The van der Waals surface area contributed by atoms with E-state index in [4.69, 9.17) is 4.52 Å². The number of likely N-dealkylation sites (tertiary alicyclic amines) is 1. The second-order valence-corrected chi connectivity index (χ2v) is 10.5. The predicted molar refractivity (Wildman–Crippen MR) is 153 cm³/mol. The lowest BCUT2D eigenvalue weighted by molar-refractivity contribution is -0.121. The van der Waals surface area contributed by atoms with Crippen molar-refractivity contribution in [3.63, 3.8) is 0 Å². The van der Waals surface area contributed by atoms with Gasteiger partial charge in [0.15, 0.2) is 0 Å². The number of halogens is 1. The van der Waals surface area contributed by atoms with Crippen LogP contribution < -0.4 is 10.6 Å². The largest absolute Gasteiger partial charge is 0.352 e. The smallest absolute Gasteiger partial charge is 0.253 e. The summed E-state index contributed by atoms with van der Waals surface area (Å²) < 4.78 is 6.47. The minimum absolute atomic E-state index is 0.0923. The van der Waals surface area contributed by atoms with Gasteiger partial charge in [-0.25, -0.2) is 0 Å². The average molecular weight is 589 g/mol. The lowest BCUT2D eigenvalue weighted by Gasteiger charge is -2.31. The molecule has 2 heterocycles. The van der Waals surface area contributed by atoms with Crippen molar-refractivity contribution in [1.29, 1.82) is 0 Å². The Morgan fingerprint density at radius 1 is 1.00 bits per heavy atom. The van der Waals surface area contributed by atoms with Crippen LogP contribution in [0.3, 0.4) is 0 Å². The fraction of sp³-hybridized carbons (Fsp3) is 0.267. The van der Waals surface area contributed by atoms with E-state index >= 15 is 0 Å². The van der Waals surface area contributed by atoms with Crippen LogP contribution in [0.15, 0.2) is 87.9 Å². The Balaban J connectivity index is 1.16. The summed E-state index contributed by atoms with van der Waals surface area (Å²) in [5.41, 5.74) is 3.02. The van der Waals surface area contributed by atoms with Gasteiger partial charge in [0.25, 0.3) is 5.91 Å². The van der Waals surface area contributed by atoms with Crippen molar-refractivity contribution in [2.24, 2.45) is 5.92 Å². The quantitative estimate of drug-likeness (QED) is 0.275. The normalized spacial score (nSPS) is 15.6. The minimum atomic E-state index is -0.207. The number of nitrogens with zero attached hydrogens (tertiary/aromatic N) is 3. The summed E-state index contributed by atoms with van der Waals surface area (Å²) in [6, 6.07) is 24.9. The van der Waals surface area contributed by atoms with Crippen LogP contribution in [0.5, 0.6) is 0 Å². The highest BCUT2D eigenvalue weighted by atomic mass is 79.9. The van der Waals surface area contributed by atoms with E-state index in [1.807, 2.05) is 60.7 Å². The summed E-state index contributed by atoms with van der Waals surface area (Å²) in [5, 5.41) is 10.1. The number of para-hydroxylation sites is 1. The summed E-state index contributed by atoms with van der Waals surface area (Å²) in [5.74, 6) is 0.561. The maximum atomic E-state index is 13.2. The number of hydrogen-bond acceptors (Lipinski definition) is 6. The van der Waals surface area contributed by atoms with Gasteiger partial charge in [-0.1, -0.05) is 63.6 Å². The first-order valence-electron chi connectivity index (χ1n) is 13.1.